The number of rotatable bonds is 7. The maximum absolute atomic E-state index is 12.1. The van der Waals surface area contributed by atoms with Crippen molar-refractivity contribution in [1.29, 1.82) is 0 Å². The van der Waals surface area contributed by atoms with Crippen molar-refractivity contribution in [2.75, 3.05) is 0 Å². The quantitative estimate of drug-likeness (QED) is 0.699. The van der Waals surface area contributed by atoms with Crippen LogP contribution in [0.15, 0.2) is 59.5 Å². The molecule has 4 N–H and O–H groups in total. The molecule has 0 radical (unpaired) electrons. The van der Waals surface area contributed by atoms with Crippen LogP contribution in [0.2, 0.25) is 0 Å². The highest BCUT2D eigenvalue weighted by atomic mass is 32.2. The van der Waals surface area contributed by atoms with Crippen molar-refractivity contribution in [1.82, 2.24) is 10.6 Å². The van der Waals surface area contributed by atoms with Gasteiger partial charge in [0.1, 0.15) is 0 Å². The minimum atomic E-state index is -3.68. The van der Waals surface area contributed by atoms with Crippen LogP contribution in [0.5, 0.6) is 0 Å². The third kappa shape index (κ3) is 5.45. The van der Waals surface area contributed by atoms with Gasteiger partial charge in [0.15, 0.2) is 0 Å². The van der Waals surface area contributed by atoms with E-state index in [1.54, 1.807) is 19.1 Å². The van der Waals surface area contributed by atoms with E-state index in [0.717, 1.165) is 11.1 Å². The summed E-state index contributed by atoms with van der Waals surface area (Å²) in [4.78, 5) is 12.1. The van der Waals surface area contributed by atoms with E-state index in [1.165, 1.54) is 12.1 Å². The van der Waals surface area contributed by atoms with E-state index in [9.17, 15) is 13.2 Å². The summed E-state index contributed by atoms with van der Waals surface area (Å²) in [5.41, 5.74) is 1.90. The molecule has 1 amide bonds. The lowest BCUT2D eigenvalue weighted by atomic mass is 10.2. The molecule has 0 unspecified atom stereocenters. The molecule has 7 heteroatoms. The fraction of sp³-hybridized carbons (Fsp3) is 0.235. The van der Waals surface area contributed by atoms with Crippen molar-refractivity contribution in [3.05, 3.63) is 65.7 Å². The van der Waals surface area contributed by atoms with Crippen LogP contribution in [0.1, 0.15) is 18.1 Å². The van der Waals surface area contributed by atoms with Gasteiger partial charge in [-0.2, -0.15) is 0 Å². The number of carbonyl (C=O) groups is 1. The topological polar surface area (TPSA) is 101 Å². The van der Waals surface area contributed by atoms with Crippen LogP contribution in [0.4, 0.5) is 0 Å². The number of hydrogen-bond acceptors (Lipinski definition) is 4. The fourth-order valence-corrected chi connectivity index (χ4v) is 2.61. The first-order chi connectivity index (χ1) is 11.4. The summed E-state index contributed by atoms with van der Waals surface area (Å²) in [6.45, 7) is 2.71. The lowest BCUT2D eigenvalue weighted by molar-refractivity contribution is -0.122. The van der Waals surface area contributed by atoms with Gasteiger partial charge in [-0.1, -0.05) is 42.5 Å². The normalized spacial score (nSPS) is 12.6. The predicted molar refractivity (Wildman–Crippen MR) is 92.4 cm³/mol. The standard InChI is InChI=1S/C17H21N3O3S/c1-13(17(21)20-12-14-5-3-2-4-6-14)19-11-15-7-9-16(10-8-15)24(18,22)23/h2-10,13,19H,11-12H2,1H3,(H,20,21)(H2,18,22,23)/t13-/m0/s1. The van der Waals surface area contributed by atoms with E-state index >= 15 is 0 Å². The molecule has 0 fully saturated rings. The summed E-state index contributed by atoms with van der Waals surface area (Å²) < 4.78 is 22.4. The van der Waals surface area contributed by atoms with Crippen molar-refractivity contribution in [3.63, 3.8) is 0 Å². The summed E-state index contributed by atoms with van der Waals surface area (Å²) in [6, 6.07) is 15.5. The average molecular weight is 347 g/mol. The Hall–Kier alpha value is -2.22. The second-order valence-electron chi connectivity index (χ2n) is 5.49. The van der Waals surface area contributed by atoms with E-state index in [4.69, 9.17) is 5.14 Å². The highest BCUT2D eigenvalue weighted by Gasteiger charge is 2.12. The summed E-state index contributed by atoms with van der Waals surface area (Å²) in [6.07, 6.45) is 0. The van der Waals surface area contributed by atoms with E-state index in [0.29, 0.717) is 13.1 Å². The third-order valence-corrected chi connectivity index (χ3v) is 4.50. The number of hydrogen-bond donors (Lipinski definition) is 3. The third-order valence-electron chi connectivity index (χ3n) is 3.57. The number of carbonyl (C=O) groups excluding carboxylic acids is 1. The van der Waals surface area contributed by atoms with E-state index < -0.39 is 10.0 Å². The summed E-state index contributed by atoms with van der Waals surface area (Å²) in [7, 11) is -3.68. The van der Waals surface area contributed by atoms with E-state index in [-0.39, 0.29) is 16.8 Å². The Morgan fingerprint density at radius 2 is 1.58 bits per heavy atom. The van der Waals surface area contributed by atoms with Gasteiger partial charge in [-0.3, -0.25) is 4.79 Å². The van der Waals surface area contributed by atoms with Gasteiger partial charge in [0.2, 0.25) is 15.9 Å². The second kappa shape index (κ2) is 8.05. The lowest BCUT2D eigenvalue weighted by Gasteiger charge is -2.14. The van der Waals surface area contributed by atoms with Gasteiger partial charge in [-0.25, -0.2) is 13.6 Å². The van der Waals surface area contributed by atoms with E-state index in [1.807, 2.05) is 30.3 Å². The Morgan fingerprint density at radius 3 is 2.17 bits per heavy atom. The SMILES string of the molecule is C[C@H](NCc1ccc(S(N)(=O)=O)cc1)C(=O)NCc1ccccc1. The van der Waals surface area contributed by atoms with Crippen LogP contribution >= 0.6 is 0 Å². The molecule has 0 saturated carbocycles. The first kappa shape index (κ1) is 18.1. The van der Waals surface area contributed by atoms with Gasteiger partial charge >= 0.3 is 0 Å². The molecule has 0 bridgehead atoms. The molecule has 0 saturated heterocycles. The summed E-state index contributed by atoms with van der Waals surface area (Å²) in [5, 5.41) is 11.0. The van der Waals surface area contributed by atoms with Crippen molar-refractivity contribution in [3.8, 4) is 0 Å². The molecular formula is C17H21N3O3S. The highest BCUT2D eigenvalue weighted by Crippen LogP contribution is 2.08. The van der Waals surface area contributed by atoms with Crippen LogP contribution in [0.25, 0.3) is 0 Å². The maximum atomic E-state index is 12.1. The Balaban J connectivity index is 1.81. The minimum absolute atomic E-state index is 0.0694. The molecule has 24 heavy (non-hydrogen) atoms. The molecule has 6 nitrogen and oxygen atoms in total. The lowest BCUT2D eigenvalue weighted by Crippen LogP contribution is -2.41. The van der Waals surface area contributed by atoms with Crippen molar-refractivity contribution >= 4 is 15.9 Å². The summed E-state index contributed by atoms with van der Waals surface area (Å²) in [5.74, 6) is -0.0972. The van der Waals surface area contributed by atoms with Crippen LogP contribution in [0, 0.1) is 0 Å². The Bertz CT molecular complexity index is 774. The minimum Gasteiger partial charge on any atom is -0.351 e. The second-order valence-corrected chi connectivity index (χ2v) is 7.06. The molecule has 0 aliphatic rings. The number of sulfonamides is 1. The van der Waals surface area contributed by atoms with Gasteiger partial charge in [-0.15, -0.1) is 0 Å². The van der Waals surface area contributed by atoms with E-state index in [2.05, 4.69) is 10.6 Å². The number of amides is 1. The molecule has 0 aliphatic carbocycles. The number of primary sulfonamides is 1. The van der Waals surface area contributed by atoms with Gasteiger partial charge in [0.05, 0.1) is 10.9 Å². The predicted octanol–water partition coefficient (Wildman–Crippen LogP) is 1.13. The van der Waals surface area contributed by atoms with Crippen molar-refractivity contribution in [2.24, 2.45) is 5.14 Å². The van der Waals surface area contributed by atoms with Gasteiger partial charge in [0.25, 0.3) is 0 Å². The number of nitrogens with two attached hydrogens (primary N) is 1. The molecule has 0 heterocycles. The van der Waals surface area contributed by atoms with Crippen molar-refractivity contribution in [2.45, 2.75) is 31.0 Å². The van der Waals surface area contributed by atoms with Gasteiger partial charge in [-0.05, 0) is 30.2 Å². The monoisotopic (exact) mass is 347 g/mol. The van der Waals surface area contributed by atoms with Gasteiger partial charge < -0.3 is 10.6 Å². The zero-order chi connectivity index (χ0) is 17.6. The number of nitrogens with one attached hydrogen (secondary N) is 2. The van der Waals surface area contributed by atoms with Crippen molar-refractivity contribution < 1.29 is 13.2 Å². The molecule has 0 aromatic heterocycles. The van der Waals surface area contributed by atoms with Crippen LogP contribution in [-0.2, 0) is 27.9 Å². The molecular weight excluding hydrogens is 326 g/mol. The Morgan fingerprint density at radius 1 is 1.00 bits per heavy atom. The van der Waals surface area contributed by atoms with Crippen LogP contribution in [-0.4, -0.2) is 20.4 Å². The largest absolute Gasteiger partial charge is 0.351 e. The average Bonchev–Trinajstić information content (AvgIpc) is 2.58. The molecule has 2 aromatic rings. The zero-order valence-corrected chi connectivity index (χ0v) is 14.2. The molecule has 128 valence electrons. The molecule has 2 rings (SSSR count). The Kier molecular flexibility index (Phi) is 6.08. The first-order valence-corrected chi connectivity index (χ1v) is 9.07. The first-order valence-electron chi connectivity index (χ1n) is 7.53. The maximum Gasteiger partial charge on any atom is 0.238 e. The zero-order valence-electron chi connectivity index (χ0n) is 13.4. The summed E-state index contributed by atoms with van der Waals surface area (Å²) >= 11 is 0. The van der Waals surface area contributed by atoms with Gasteiger partial charge in [0, 0.05) is 13.1 Å². The fourth-order valence-electron chi connectivity index (χ4n) is 2.10. The molecule has 2 aromatic carbocycles. The molecule has 0 spiro atoms. The highest BCUT2D eigenvalue weighted by molar-refractivity contribution is 7.89. The number of benzene rings is 2. The molecule has 0 aliphatic heterocycles. The Labute approximate surface area is 142 Å². The van der Waals surface area contributed by atoms with Crippen LogP contribution < -0.4 is 15.8 Å². The smallest absolute Gasteiger partial charge is 0.238 e. The van der Waals surface area contributed by atoms with Crippen LogP contribution in [0.3, 0.4) is 0 Å². The molecule has 1 atom stereocenters.